The molecule has 0 bridgehead atoms. The second-order valence-corrected chi connectivity index (χ2v) is 3.15. The maximum Gasteiger partial charge on any atom is 0.132 e. The lowest BCUT2D eigenvalue weighted by Crippen LogP contribution is -1.95. The van der Waals surface area contributed by atoms with Gasteiger partial charge >= 0.3 is 0 Å². The fourth-order valence-electron chi connectivity index (χ4n) is 0.577. The summed E-state index contributed by atoms with van der Waals surface area (Å²) in [6.07, 6.45) is 2.75. The van der Waals surface area contributed by atoms with E-state index in [0.717, 1.165) is 10.4 Å². The summed E-state index contributed by atoms with van der Waals surface area (Å²) in [7, 11) is 0. The van der Waals surface area contributed by atoms with Crippen LogP contribution in [0.4, 0.5) is 0 Å². The molecule has 0 N–H and O–H groups in total. The Morgan fingerprint density at radius 2 is 2.30 bits per heavy atom. The maximum atomic E-state index is 4.15. The smallest absolute Gasteiger partial charge is 0.132 e. The lowest BCUT2D eigenvalue weighted by atomic mass is 10.2. The van der Waals surface area contributed by atoms with Gasteiger partial charge in [-0.05, 0) is 22.0 Å². The Balaban J connectivity index is 2.96. The number of halogens is 1. The van der Waals surface area contributed by atoms with E-state index in [1.165, 1.54) is 0 Å². The van der Waals surface area contributed by atoms with Crippen LogP contribution in [0.1, 0.15) is 25.6 Å². The van der Waals surface area contributed by atoms with Crippen molar-refractivity contribution < 1.29 is 0 Å². The van der Waals surface area contributed by atoms with Crippen molar-refractivity contribution in [1.29, 1.82) is 0 Å². The van der Waals surface area contributed by atoms with Crippen LogP contribution in [-0.2, 0) is 0 Å². The monoisotopic (exact) mass is 199 g/mol. The molecule has 0 atom stereocenters. The Hall–Kier alpha value is -0.440. The van der Waals surface area contributed by atoms with E-state index in [-0.39, 0.29) is 0 Å². The quantitative estimate of drug-likeness (QED) is 0.649. The Morgan fingerprint density at radius 3 is 2.70 bits per heavy atom. The summed E-state index contributed by atoms with van der Waals surface area (Å²) in [4.78, 5) is 8.12. The Morgan fingerprint density at radius 1 is 1.60 bits per heavy atom. The summed E-state index contributed by atoms with van der Waals surface area (Å²) in [5, 5.41) is 0. The van der Waals surface area contributed by atoms with Crippen LogP contribution in [0.2, 0.25) is 0 Å². The van der Waals surface area contributed by atoms with Gasteiger partial charge in [0, 0.05) is 5.92 Å². The first-order valence-electron chi connectivity index (χ1n) is 3.10. The number of rotatable bonds is 1. The largest absolute Gasteiger partial charge is 0.231 e. The third-order valence-electron chi connectivity index (χ3n) is 1.10. The topological polar surface area (TPSA) is 25.8 Å². The summed E-state index contributed by atoms with van der Waals surface area (Å²) in [6, 6.07) is 1.70. The SMILES string of the molecule is CC(C)c1n[c]cc(Br)n1. The normalized spacial score (nSPS) is 10.4. The minimum absolute atomic E-state index is 0.369. The van der Waals surface area contributed by atoms with Crippen molar-refractivity contribution in [3.05, 3.63) is 22.7 Å². The van der Waals surface area contributed by atoms with Crippen molar-refractivity contribution >= 4 is 15.9 Å². The molecule has 0 spiro atoms. The molecular formula is C7H8BrN2. The summed E-state index contributed by atoms with van der Waals surface area (Å²) in [5.41, 5.74) is 0. The third kappa shape index (κ3) is 1.77. The molecule has 53 valence electrons. The predicted molar refractivity (Wildman–Crippen MR) is 42.7 cm³/mol. The maximum absolute atomic E-state index is 4.15. The zero-order chi connectivity index (χ0) is 7.56. The Bertz CT molecular complexity index is 223. The first-order chi connectivity index (χ1) is 4.70. The molecule has 1 rings (SSSR count). The zero-order valence-corrected chi connectivity index (χ0v) is 7.51. The first kappa shape index (κ1) is 7.66. The van der Waals surface area contributed by atoms with Crippen LogP contribution >= 0.6 is 15.9 Å². The Labute approximate surface area is 68.8 Å². The molecule has 10 heavy (non-hydrogen) atoms. The fourth-order valence-corrected chi connectivity index (χ4v) is 0.861. The minimum Gasteiger partial charge on any atom is -0.231 e. The highest BCUT2D eigenvalue weighted by Gasteiger charge is 2.00. The van der Waals surface area contributed by atoms with Gasteiger partial charge < -0.3 is 0 Å². The second kappa shape index (κ2) is 3.10. The number of nitrogens with zero attached hydrogens (tertiary/aromatic N) is 2. The predicted octanol–water partition coefficient (Wildman–Crippen LogP) is 2.16. The molecule has 1 heterocycles. The first-order valence-corrected chi connectivity index (χ1v) is 3.90. The molecule has 1 aromatic heterocycles. The van der Waals surface area contributed by atoms with Gasteiger partial charge in [-0.1, -0.05) is 13.8 Å². The molecule has 2 nitrogen and oxygen atoms in total. The highest BCUT2D eigenvalue weighted by Crippen LogP contribution is 2.10. The van der Waals surface area contributed by atoms with Gasteiger partial charge in [-0.15, -0.1) is 0 Å². The van der Waals surface area contributed by atoms with Gasteiger partial charge in [0.2, 0.25) is 0 Å². The molecule has 0 aliphatic rings. The van der Waals surface area contributed by atoms with Crippen LogP contribution in [-0.4, -0.2) is 9.97 Å². The van der Waals surface area contributed by atoms with Gasteiger partial charge in [-0.25, -0.2) is 9.97 Å². The minimum atomic E-state index is 0.369. The summed E-state index contributed by atoms with van der Waals surface area (Å²) in [5.74, 6) is 1.20. The van der Waals surface area contributed by atoms with Crippen LogP contribution in [0.3, 0.4) is 0 Å². The van der Waals surface area contributed by atoms with Gasteiger partial charge in [0.15, 0.2) is 0 Å². The van der Waals surface area contributed by atoms with E-state index in [1.807, 2.05) is 0 Å². The van der Waals surface area contributed by atoms with Gasteiger partial charge in [0.25, 0.3) is 0 Å². The fraction of sp³-hybridized carbons (Fsp3) is 0.429. The molecule has 0 saturated heterocycles. The number of hydrogen-bond donors (Lipinski definition) is 0. The highest BCUT2D eigenvalue weighted by atomic mass is 79.9. The van der Waals surface area contributed by atoms with Gasteiger partial charge in [-0.2, -0.15) is 0 Å². The molecular weight excluding hydrogens is 192 g/mol. The van der Waals surface area contributed by atoms with Gasteiger partial charge in [0.1, 0.15) is 10.4 Å². The van der Waals surface area contributed by atoms with Crippen molar-refractivity contribution in [2.24, 2.45) is 0 Å². The molecule has 1 aromatic rings. The van der Waals surface area contributed by atoms with Gasteiger partial charge in [0.05, 0.1) is 6.20 Å². The summed E-state index contributed by atoms with van der Waals surface area (Å²) in [6.45, 7) is 4.10. The summed E-state index contributed by atoms with van der Waals surface area (Å²) >= 11 is 3.25. The average molecular weight is 200 g/mol. The molecule has 3 heteroatoms. The zero-order valence-electron chi connectivity index (χ0n) is 5.93. The molecule has 1 radical (unpaired) electrons. The molecule has 0 aliphatic heterocycles. The molecule has 0 amide bonds. The van der Waals surface area contributed by atoms with Crippen molar-refractivity contribution in [1.82, 2.24) is 9.97 Å². The number of aromatic nitrogens is 2. The van der Waals surface area contributed by atoms with Crippen molar-refractivity contribution in [3.63, 3.8) is 0 Å². The van der Waals surface area contributed by atoms with E-state index >= 15 is 0 Å². The van der Waals surface area contributed by atoms with E-state index in [0.29, 0.717) is 5.92 Å². The van der Waals surface area contributed by atoms with Crippen molar-refractivity contribution in [2.45, 2.75) is 19.8 Å². The standard InChI is InChI=1S/C7H8BrN2/c1-5(2)7-9-4-3-6(8)10-7/h3,5H,1-2H3. The molecule has 0 unspecified atom stereocenters. The van der Waals surface area contributed by atoms with E-state index in [1.54, 1.807) is 6.07 Å². The highest BCUT2D eigenvalue weighted by molar-refractivity contribution is 9.10. The molecule has 0 saturated carbocycles. The van der Waals surface area contributed by atoms with Crippen LogP contribution in [0.25, 0.3) is 0 Å². The lowest BCUT2D eigenvalue weighted by Gasteiger charge is -2.00. The van der Waals surface area contributed by atoms with E-state index in [9.17, 15) is 0 Å². The van der Waals surface area contributed by atoms with Crippen LogP contribution in [0, 0.1) is 6.20 Å². The van der Waals surface area contributed by atoms with Gasteiger partial charge in [-0.3, -0.25) is 0 Å². The van der Waals surface area contributed by atoms with Crippen molar-refractivity contribution in [2.75, 3.05) is 0 Å². The van der Waals surface area contributed by atoms with Crippen LogP contribution in [0.15, 0.2) is 10.7 Å². The summed E-state index contributed by atoms with van der Waals surface area (Å²) < 4.78 is 0.797. The molecule has 0 aliphatic carbocycles. The van der Waals surface area contributed by atoms with Crippen LogP contribution in [0.5, 0.6) is 0 Å². The second-order valence-electron chi connectivity index (χ2n) is 2.33. The Kier molecular flexibility index (Phi) is 2.38. The van der Waals surface area contributed by atoms with E-state index < -0.39 is 0 Å². The lowest BCUT2D eigenvalue weighted by molar-refractivity contribution is 0.767. The van der Waals surface area contributed by atoms with E-state index in [2.05, 4.69) is 45.9 Å². The average Bonchev–Trinajstić information content (AvgIpc) is 1.88. The van der Waals surface area contributed by atoms with Crippen molar-refractivity contribution in [3.8, 4) is 0 Å². The molecule has 0 fully saturated rings. The molecule has 0 aromatic carbocycles. The number of hydrogen-bond acceptors (Lipinski definition) is 2. The third-order valence-corrected chi connectivity index (χ3v) is 1.51. The van der Waals surface area contributed by atoms with E-state index in [4.69, 9.17) is 0 Å². The van der Waals surface area contributed by atoms with Crippen LogP contribution < -0.4 is 0 Å².